The van der Waals surface area contributed by atoms with Gasteiger partial charge in [0.1, 0.15) is 0 Å². The molecular formula is C16H20N4O. The van der Waals surface area contributed by atoms with Gasteiger partial charge in [-0.3, -0.25) is 9.89 Å². The second-order valence-electron chi connectivity index (χ2n) is 5.01. The van der Waals surface area contributed by atoms with Crippen LogP contribution >= 0.6 is 0 Å². The predicted octanol–water partition coefficient (Wildman–Crippen LogP) is 2.50. The van der Waals surface area contributed by atoms with E-state index in [4.69, 9.17) is 0 Å². The van der Waals surface area contributed by atoms with Gasteiger partial charge < -0.3 is 0 Å². The minimum absolute atomic E-state index is 0.0923. The van der Waals surface area contributed by atoms with Crippen LogP contribution in [0, 0.1) is 13.8 Å². The van der Waals surface area contributed by atoms with Crippen LogP contribution in [0.3, 0.4) is 0 Å². The summed E-state index contributed by atoms with van der Waals surface area (Å²) in [7, 11) is 0. The summed E-state index contributed by atoms with van der Waals surface area (Å²) in [4.78, 5) is 11.8. The van der Waals surface area contributed by atoms with Crippen molar-refractivity contribution in [2.75, 3.05) is 0 Å². The number of aromatic nitrogens is 2. The summed E-state index contributed by atoms with van der Waals surface area (Å²) in [5.74, 6) is -0.0923. The molecule has 1 aromatic heterocycles. The average molecular weight is 284 g/mol. The Bertz CT molecular complexity index is 624. The molecule has 0 spiro atoms. The van der Waals surface area contributed by atoms with E-state index in [0.29, 0.717) is 12.8 Å². The zero-order valence-corrected chi connectivity index (χ0v) is 12.6. The minimum atomic E-state index is -0.0923. The van der Waals surface area contributed by atoms with Gasteiger partial charge in [-0.1, -0.05) is 30.3 Å². The van der Waals surface area contributed by atoms with Crippen molar-refractivity contribution in [3.8, 4) is 0 Å². The summed E-state index contributed by atoms with van der Waals surface area (Å²) >= 11 is 0. The third-order valence-corrected chi connectivity index (χ3v) is 3.42. The van der Waals surface area contributed by atoms with Crippen molar-refractivity contribution in [3.63, 3.8) is 0 Å². The highest BCUT2D eigenvalue weighted by molar-refractivity contribution is 5.99. The van der Waals surface area contributed by atoms with Crippen LogP contribution in [0.4, 0.5) is 0 Å². The molecule has 1 amide bonds. The number of hydrazone groups is 1. The summed E-state index contributed by atoms with van der Waals surface area (Å²) in [6, 6.07) is 9.76. The summed E-state index contributed by atoms with van der Waals surface area (Å²) in [5.41, 5.74) is 7.46. The smallest absolute Gasteiger partial charge is 0.240 e. The van der Waals surface area contributed by atoms with Crippen LogP contribution in [-0.2, 0) is 11.2 Å². The first-order valence-corrected chi connectivity index (χ1v) is 6.97. The normalized spacial score (nSPS) is 11.5. The maximum absolute atomic E-state index is 11.8. The van der Waals surface area contributed by atoms with Gasteiger partial charge in [0, 0.05) is 12.1 Å². The van der Waals surface area contributed by atoms with Gasteiger partial charge in [0.15, 0.2) is 0 Å². The highest BCUT2D eigenvalue weighted by Crippen LogP contribution is 2.11. The van der Waals surface area contributed by atoms with Gasteiger partial charge in [0.25, 0.3) is 0 Å². The lowest BCUT2D eigenvalue weighted by Crippen LogP contribution is -2.19. The molecule has 5 heteroatoms. The summed E-state index contributed by atoms with van der Waals surface area (Å²) in [6.07, 6.45) is 1.06. The molecule has 110 valence electrons. The maximum Gasteiger partial charge on any atom is 0.240 e. The molecule has 0 fully saturated rings. The van der Waals surface area contributed by atoms with Crippen molar-refractivity contribution in [1.82, 2.24) is 15.6 Å². The van der Waals surface area contributed by atoms with Crippen LogP contribution in [0.1, 0.15) is 35.9 Å². The Balaban J connectivity index is 1.88. The molecule has 0 aliphatic heterocycles. The zero-order valence-electron chi connectivity index (χ0n) is 12.6. The molecule has 0 aliphatic carbocycles. The number of hydrogen-bond acceptors (Lipinski definition) is 3. The van der Waals surface area contributed by atoms with E-state index in [1.54, 1.807) is 0 Å². The fourth-order valence-corrected chi connectivity index (χ4v) is 2.13. The quantitative estimate of drug-likeness (QED) is 0.654. The summed E-state index contributed by atoms with van der Waals surface area (Å²) < 4.78 is 0. The third kappa shape index (κ3) is 4.02. The molecular weight excluding hydrogens is 264 g/mol. The average Bonchev–Trinajstić information content (AvgIpc) is 2.82. The molecule has 21 heavy (non-hydrogen) atoms. The zero-order chi connectivity index (χ0) is 15.2. The summed E-state index contributed by atoms with van der Waals surface area (Å²) in [6.45, 7) is 5.78. The number of rotatable bonds is 5. The summed E-state index contributed by atoms with van der Waals surface area (Å²) in [5, 5.41) is 11.2. The lowest BCUT2D eigenvalue weighted by Gasteiger charge is -2.03. The van der Waals surface area contributed by atoms with Gasteiger partial charge in [0.05, 0.1) is 11.4 Å². The molecule has 1 aromatic carbocycles. The highest BCUT2D eigenvalue weighted by atomic mass is 16.2. The van der Waals surface area contributed by atoms with E-state index in [1.165, 1.54) is 0 Å². The van der Waals surface area contributed by atoms with Crippen molar-refractivity contribution in [2.45, 2.75) is 33.6 Å². The lowest BCUT2D eigenvalue weighted by atomic mass is 10.1. The van der Waals surface area contributed by atoms with Gasteiger partial charge in [-0.05, 0) is 38.3 Å². The van der Waals surface area contributed by atoms with Crippen LogP contribution in [0.15, 0.2) is 35.4 Å². The first kappa shape index (κ1) is 15.0. The van der Waals surface area contributed by atoms with E-state index in [-0.39, 0.29) is 5.91 Å². The van der Waals surface area contributed by atoms with Gasteiger partial charge >= 0.3 is 0 Å². The SMILES string of the molecule is C/C(=N/NC(=O)CCc1c(C)n[nH]c1C)c1ccccc1. The molecule has 0 saturated carbocycles. The molecule has 0 saturated heterocycles. The Morgan fingerprint density at radius 1 is 1.29 bits per heavy atom. The van der Waals surface area contributed by atoms with Crippen molar-refractivity contribution in [3.05, 3.63) is 52.8 Å². The van der Waals surface area contributed by atoms with E-state index in [1.807, 2.05) is 51.1 Å². The highest BCUT2D eigenvalue weighted by Gasteiger charge is 2.08. The number of benzene rings is 1. The third-order valence-electron chi connectivity index (χ3n) is 3.42. The van der Waals surface area contributed by atoms with Crippen LogP contribution < -0.4 is 5.43 Å². The monoisotopic (exact) mass is 284 g/mol. The molecule has 0 unspecified atom stereocenters. The van der Waals surface area contributed by atoms with Crippen LogP contribution in [0.25, 0.3) is 0 Å². The van der Waals surface area contributed by atoms with Crippen molar-refractivity contribution >= 4 is 11.6 Å². The van der Waals surface area contributed by atoms with Gasteiger partial charge in [-0.25, -0.2) is 5.43 Å². The standard InChI is InChI=1S/C16H20N4O/c1-11(14-7-5-4-6-8-14)17-20-16(21)10-9-15-12(2)18-19-13(15)3/h4-8H,9-10H2,1-3H3,(H,18,19)(H,20,21)/b17-11-. The van der Waals surface area contributed by atoms with Crippen molar-refractivity contribution in [1.29, 1.82) is 0 Å². The Labute approximate surface area is 124 Å². The van der Waals surface area contributed by atoms with Crippen molar-refractivity contribution in [2.24, 2.45) is 5.10 Å². The van der Waals surface area contributed by atoms with E-state index in [0.717, 1.165) is 28.2 Å². The van der Waals surface area contributed by atoms with Gasteiger partial charge in [-0.15, -0.1) is 0 Å². The number of nitrogens with one attached hydrogen (secondary N) is 2. The van der Waals surface area contributed by atoms with E-state index < -0.39 is 0 Å². The number of hydrogen-bond donors (Lipinski definition) is 2. The fourth-order valence-electron chi connectivity index (χ4n) is 2.13. The molecule has 2 rings (SSSR count). The molecule has 2 N–H and O–H groups in total. The fraction of sp³-hybridized carbons (Fsp3) is 0.312. The molecule has 0 radical (unpaired) electrons. The molecule has 0 aliphatic rings. The molecule has 5 nitrogen and oxygen atoms in total. The van der Waals surface area contributed by atoms with Crippen LogP contribution in [0.5, 0.6) is 0 Å². The second kappa shape index (κ2) is 6.83. The van der Waals surface area contributed by atoms with Crippen LogP contribution in [-0.4, -0.2) is 21.8 Å². The predicted molar refractivity (Wildman–Crippen MR) is 83.2 cm³/mol. The number of aromatic amines is 1. The number of nitrogens with zero attached hydrogens (tertiary/aromatic N) is 2. The number of amides is 1. The number of H-pyrrole nitrogens is 1. The van der Waals surface area contributed by atoms with Gasteiger partial charge in [0.2, 0.25) is 5.91 Å². The topological polar surface area (TPSA) is 70.1 Å². The largest absolute Gasteiger partial charge is 0.282 e. The second-order valence-corrected chi connectivity index (χ2v) is 5.01. The Kier molecular flexibility index (Phi) is 4.87. The minimum Gasteiger partial charge on any atom is -0.282 e. The Morgan fingerprint density at radius 3 is 2.62 bits per heavy atom. The number of carbonyl (C=O) groups excluding carboxylic acids is 1. The lowest BCUT2D eigenvalue weighted by molar-refractivity contribution is -0.121. The van der Waals surface area contributed by atoms with Crippen LogP contribution in [0.2, 0.25) is 0 Å². The van der Waals surface area contributed by atoms with Gasteiger partial charge in [-0.2, -0.15) is 10.2 Å². The van der Waals surface area contributed by atoms with E-state index >= 15 is 0 Å². The van der Waals surface area contributed by atoms with E-state index in [2.05, 4.69) is 20.7 Å². The maximum atomic E-state index is 11.8. The Hall–Kier alpha value is -2.43. The number of carbonyl (C=O) groups is 1. The first-order valence-electron chi connectivity index (χ1n) is 6.97. The Morgan fingerprint density at radius 2 is 2.00 bits per heavy atom. The molecule has 0 bridgehead atoms. The first-order chi connectivity index (χ1) is 10.1. The molecule has 1 heterocycles. The van der Waals surface area contributed by atoms with Crippen molar-refractivity contribution < 1.29 is 4.79 Å². The van der Waals surface area contributed by atoms with E-state index in [9.17, 15) is 4.79 Å². The number of aryl methyl sites for hydroxylation is 2. The molecule has 2 aromatic rings. The molecule has 0 atom stereocenters.